The van der Waals surface area contributed by atoms with Crippen LogP contribution in [0.25, 0.3) is 0 Å². The van der Waals surface area contributed by atoms with E-state index in [9.17, 15) is 5.11 Å². The quantitative estimate of drug-likeness (QED) is 0.682. The van der Waals surface area contributed by atoms with Gasteiger partial charge < -0.3 is 5.11 Å². The first-order valence-electron chi connectivity index (χ1n) is 5.33. The van der Waals surface area contributed by atoms with Crippen LogP contribution in [0.1, 0.15) is 26.7 Å². The zero-order chi connectivity index (χ0) is 10.1. The molecule has 2 rings (SSSR count). The molecular weight excluding hydrogens is 174 g/mol. The fourth-order valence-corrected chi connectivity index (χ4v) is 1.99. The Balaban J connectivity index is 2.11. The van der Waals surface area contributed by atoms with Crippen LogP contribution in [0.3, 0.4) is 0 Å². The Hall–Kier alpha value is -0.890. The summed E-state index contributed by atoms with van der Waals surface area (Å²) in [5, 5.41) is 9.43. The Morgan fingerprint density at radius 2 is 2.50 bits per heavy atom. The van der Waals surface area contributed by atoms with Crippen LogP contribution in [-0.4, -0.2) is 17.0 Å². The highest BCUT2D eigenvalue weighted by molar-refractivity contribution is 5.99. The normalized spacial score (nSPS) is 32.2. The first kappa shape index (κ1) is 9.66. The highest BCUT2D eigenvalue weighted by atomic mass is 16.3. The van der Waals surface area contributed by atoms with Gasteiger partial charge in [-0.15, -0.1) is 0 Å². The molecule has 0 heterocycles. The summed E-state index contributed by atoms with van der Waals surface area (Å²) in [6, 6.07) is 0. The van der Waals surface area contributed by atoms with E-state index >= 15 is 0 Å². The van der Waals surface area contributed by atoms with Crippen molar-refractivity contribution in [2.75, 3.05) is 0 Å². The molecule has 2 heteroatoms. The van der Waals surface area contributed by atoms with Gasteiger partial charge in [0.2, 0.25) is 0 Å². The summed E-state index contributed by atoms with van der Waals surface area (Å²) in [6.07, 6.45) is 7.93. The lowest BCUT2D eigenvalue weighted by molar-refractivity contribution is 0.180. The Morgan fingerprint density at radius 1 is 1.71 bits per heavy atom. The lowest BCUT2D eigenvalue weighted by atomic mass is 10.0. The Kier molecular flexibility index (Phi) is 2.55. The van der Waals surface area contributed by atoms with Crippen LogP contribution in [-0.2, 0) is 0 Å². The molecule has 1 saturated carbocycles. The highest BCUT2D eigenvalue weighted by Gasteiger charge is 2.39. The van der Waals surface area contributed by atoms with Gasteiger partial charge in [-0.05, 0) is 37.2 Å². The topological polar surface area (TPSA) is 32.6 Å². The van der Waals surface area contributed by atoms with E-state index in [0.29, 0.717) is 12.3 Å². The van der Waals surface area contributed by atoms with Gasteiger partial charge >= 0.3 is 0 Å². The Morgan fingerprint density at radius 3 is 3.21 bits per heavy atom. The molecule has 14 heavy (non-hydrogen) atoms. The average Bonchev–Trinajstić information content (AvgIpc) is 2.95. The minimum Gasteiger partial charge on any atom is -0.372 e. The van der Waals surface area contributed by atoms with Gasteiger partial charge in [-0.2, -0.15) is 0 Å². The summed E-state index contributed by atoms with van der Waals surface area (Å²) in [5.74, 6) is 1.44. The van der Waals surface area contributed by atoms with E-state index in [2.05, 4.69) is 23.2 Å². The number of aliphatic hydroxyl groups excluding tert-OH is 1. The summed E-state index contributed by atoms with van der Waals surface area (Å²) in [6.45, 7) is 3.94. The van der Waals surface area contributed by atoms with Crippen molar-refractivity contribution in [1.29, 1.82) is 0 Å². The Bertz CT molecular complexity index is 314. The number of allylic oxidation sites excluding steroid dienone is 4. The molecule has 0 radical (unpaired) electrons. The summed E-state index contributed by atoms with van der Waals surface area (Å²) in [5.41, 5.74) is 2.33. The fourth-order valence-electron chi connectivity index (χ4n) is 1.99. The van der Waals surface area contributed by atoms with Crippen LogP contribution in [0.5, 0.6) is 0 Å². The van der Waals surface area contributed by atoms with Crippen molar-refractivity contribution >= 4 is 5.71 Å². The lowest BCUT2D eigenvalue weighted by Crippen LogP contribution is -2.09. The molecule has 2 aliphatic carbocycles. The van der Waals surface area contributed by atoms with Crippen LogP contribution >= 0.6 is 0 Å². The molecule has 2 aliphatic rings. The maximum atomic E-state index is 9.43. The van der Waals surface area contributed by atoms with E-state index in [1.807, 2.05) is 13.8 Å². The SMILES string of the molecule is CCC(O)/N=C(/C)C1=CC=CC2CC12. The maximum absolute atomic E-state index is 9.43. The van der Waals surface area contributed by atoms with Crippen LogP contribution in [0.2, 0.25) is 0 Å². The smallest absolute Gasteiger partial charge is 0.145 e. The predicted octanol–water partition coefficient (Wildman–Crippen LogP) is 2.31. The molecule has 76 valence electrons. The molecule has 0 aromatic heterocycles. The number of fused-ring (bicyclic) bond motifs is 1. The number of rotatable bonds is 3. The molecule has 0 aromatic carbocycles. The molecule has 0 bridgehead atoms. The third-order valence-electron chi connectivity index (χ3n) is 3.00. The Labute approximate surface area is 85.1 Å². The number of nitrogens with zero attached hydrogens (tertiary/aromatic N) is 1. The van der Waals surface area contributed by atoms with E-state index in [0.717, 1.165) is 11.6 Å². The lowest BCUT2D eigenvalue weighted by Gasteiger charge is -2.10. The molecule has 1 N–H and O–H groups in total. The first-order chi connectivity index (χ1) is 6.72. The van der Waals surface area contributed by atoms with Crippen LogP contribution in [0, 0.1) is 11.8 Å². The third kappa shape index (κ3) is 1.80. The number of aliphatic hydroxyl groups is 1. The van der Waals surface area contributed by atoms with Crippen molar-refractivity contribution in [3.8, 4) is 0 Å². The fraction of sp³-hybridized carbons (Fsp3) is 0.583. The van der Waals surface area contributed by atoms with Gasteiger partial charge in [-0.25, -0.2) is 0 Å². The van der Waals surface area contributed by atoms with E-state index < -0.39 is 6.23 Å². The number of aliphatic imine (C=N–C) groups is 1. The van der Waals surface area contributed by atoms with Gasteiger partial charge in [-0.3, -0.25) is 4.99 Å². The molecule has 3 unspecified atom stereocenters. The molecule has 0 aliphatic heterocycles. The molecular formula is C12H17NO. The zero-order valence-corrected chi connectivity index (χ0v) is 8.77. The molecule has 0 amide bonds. The van der Waals surface area contributed by atoms with Gasteiger partial charge in [0.05, 0.1) is 0 Å². The predicted molar refractivity (Wildman–Crippen MR) is 58.2 cm³/mol. The van der Waals surface area contributed by atoms with E-state index in [1.165, 1.54) is 12.0 Å². The van der Waals surface area contributed by atoms with Crippen molar-refractivity contribution in [3.63, 3.8) is 0 Å². The van der Waals surface area contributed by atoms with Crippen molar-refractivity contribution in [1.82, 2.24) is 0 Å². The zero-order valence-electron chi connectivity index (χ0n) is 8.77. The minimum absolute atomic E-state index is 0.529. The van der Waals surface area contributed by atoms with E-state index in [4.69, 9.17) is 0 Å². The molecule has 1 fully saturated rings. The second kappa shape index (κ2) is 3.70. The second-order valence-corrected chi connectivity index (χ2v) is 4.12. The third-order valence-corrected chi connectivity index (χ3v) is 3.00. The molecule has 2 nitrogen and oxygen atoms in total. The number of hydrogen-bond donors (Lipinski definition) is 1. The molecule has 0 aromatic rings. The largest absolute Gasteiger partial charge is 0.372 e. The highest BCUT2D eigenvalue weighted by Crippen LogP contribution is 2.47. The van der Waals surface area contributed by atoms with Crippen molar-refractivity contribution < 1.29 is 5.11 Å². The minimum atomic E-state index is -0.529. The van der Waals surface area contributed by atoms with Gasteiger partial charge in [-0.1, -0.05) is 25.2 Å². The van der Waals surface area contributed by atoms with Crippen LogP contribution in [0.4, 0.5) is 0 Å². The maximum Gasteiger partial charge on any atom is 0.145 e. The van der Waals surface area contributed by atoms with Crippen molar-refractivity contribution in [3.05, 3.63) is 23.8 Å². The first-order valence-corrected chi connectivity index (χ1v) is 5.33. The van der Waals surface area contributed by atoms with E-state index in [1.54, 1.807) is 0 Å². The molecule has 3 atom stereocenters. The standard InChI is InChI=1S/C12H17NO/c1-3-12(14)13-8(2)10-6-4-5-9-7-11(9)10/h4-6,9,11-12,14H,3,7H2,1-2H3/b13-8-. The molecule has 0 spiro atoms. The summed E-state index contributed by atoms with van der Waals surface area (Å²) >= 11 is 0. The molecule has 0 saturated heterocycles. The van der Waals surface area contributed by atoms with Gasteiger partial charge in [0.15, 0.2) is 0 Å². The van der Waals surface area contributed by atoms with Gasteiger partial charge in [0, 0.05) is 5.71 Å². The number of hydrogen-bond acceptors (Lipinski definition) is 2. The van der Waals surface area contributed by atoms with Crippen LogP contribution in [0.15, 0.2) is 28.8 Å². The van der Waals surface area contributed by atoms with Crippen molar-refractivity contribution in [2.24, 2.45) is 16.8 Å². The van der Waals surface area contributed by atoms with E-state index in [-0.39, 0.29) is 0 Å². The second-order valence-electron chi connectivity index (χ2n) is 4.12. The summed E-state index contributed by atoms with van der Waals surface area (Å²) in [7, 11) is 0. The van der Waals surface area contributed by atoms with Gasteiger partial charge in [0.1, 0.15) is 6.23 Å². The van der Waals surface area contributed by atoms with Crippen molar-refractivity contribution in [2.45, 2.75) is 32.9 Å². The monoisotopic (exact) mass is 191 g/mol. The summed E-state index contributed by atoms with van der Waals surface area (Å²) < 4.78 is 0. The average molecular weight is 191 g/mol. The van der Waals surface area contributed by atoms with Crippen LogP contribution < -0.4 is 0 Å². The summed E-state index contributed by atoms with van der Waals surface area (Å²) in [4.78, 5) is 4.27. The van der Waals surface area contributed by atoms with Gasteiger partial charge in [0.25, 0.3) is 0 Å².